The minimum atomic E-state index is -1.97. The minimum absolute atomic E-state index is 0.0144. The lowest BCUT2D eigenvalue weighted by Crippen LogP contribution is -2.59. The van der Waals surface area contributed by atoms with Crippen LogP contribution in [0.2, 0.25) is 0 Å². The number of morpholine rings is 1. The number of benzene rings is 5. The topological polar surface area (TPSA) is 148 Å². The van der Waals surface area contributed by atoms with Crippen molar-refractivity contribution < 1.29 is 48.0 Å². The number of cyclic esters (lactones) is 1. The number of fused-ring (bicyclic) bond motifs is 4. The maximum absolute atomic E-state index is 16.5. The third-order valence-electron chi connectivity index (χ3n) is 14.8. The van der Waals surface area contributed by atoms with Gasteiger partial charge in [-0.05, 0) is 102 Å². The molecule has 0 unspecified atom stereocenters. The molecule has 5 heterocycles. The summed E-state index contributed by atoms with van der Waals surface area (Å²) in [6.07, 6.45) is 4.25. The summed E-state index contributed by atoms with van der Waals surface area (Å²) in [7, 11) is 1.49. The summed E-state index contributed by atoms with van der Waals surface area (Å²) < 4.78 is 28.8. The van der Waals surface area contributed by atoms with E-state index in [2.05, 4.69) is 22.8 Å². The SMILES string of the molecule is COCCOC(=O)N1C(=O)[C@@]2(c3cc(C#CC4=CCCCC4)ccc31)[C@H](C(=O)N1CCN(Cc3ccc4c(c3)OCO4)CC1)[C@H]1C(=O)O[C@H](c3ccccc3)[C@H](c3ccccc3)N1[C@@H]2c1ccc(O)cc1. The van der Waals surface area contributed by atoms with Crippen molar-refractivity contribution in [3.63, 3.8) is 0 Å². The van der Waals surface area contributed by atoms with Gasteiger partial charge in [0, 0.05) is 45.4 Å². The van der Waals surface area contributed by atoms with Gasteiger partial charge < -0.3 is 33.7 Å². The first-order chi connectivity index (χ1) is 34.7. The van der Waals surface area contributed by atoms with Gasteiger partial charge in [-0.25, -0.2) is 9.69 Å². The van der Waals surface area contributed by atoms with Crippen LogP contribution in [-0.4, -0.2) is 103 Å². The number of hydrogen-bond acceptors (Lipinski definition) is 12. The summed E-state index contributed by atoms with van der Waals surface area (Å²) in [6, 6.07) is 33.6. The average molecular weight is 955 g/mol. The summed E-state index contributed by atoms with van der Waals surface area (Å²) in [4.78, 5) is 70.0. The van der Waals surface area contributed by atoms with E-state index in [1.165, 1.54) is 19.2 Å². The molecule has 1 spiro atoms. The number of allylic oxidation sites excluding steroid dienone is 2. The van der Waals surface area contributed by atoms with Crippen LogP contribution in [0.4, 0.5) is 10.5 Å². The lowest BCUT2D eigenvalue weighted by molar-refractivity contribution is -0.179. The summed E-state index contributed by atoms with van der Waals surface area (Å²) in [5.41, 5.74) is 3.27. The number of phenolic OH excluding ortho intramolecular Hbond substituents is 1. The second-order valence-corrected chi connectivity index (χ2v) is 18.9. The summed E-state index contributed by atoms with van der Waals surface area (Å²) in [6.45, 7) is 2.30. The maximum atomic E-state index is 16.5. The normalized spacial score (nSPS) is 24.7. The fourth-order valence-electron chi connectivity index (χ4n) is 11.6. The number of amides is 3. The summed E-state index contributed by atoms with van der Waals surface area (Å²) >= 11 is 0. The monoisotopic (exact) mass is 954 g/mol. The molecule has 3 fully saturated rings. The van der Waals surface area contributed by atoms with E-state index in [9.17, 15) is 9.90 Å². The molecule has 0 saturated carbocycles. The predicted octanol–water partition coefficient (Wildman–Crippen LogP) is 7.77. The van der Waals surface area contributed by atoms with Crippen molar-refractivity contribution in [3.05, 3.63) is 166 Å². The Morgan fingerprint density at radius 1 is 0.775 bits per heavy atom. The highest BCUT2D eigenvalue weighted by Gasteiger charge is 2.76. The highest BCUT2D eigenvalue weighted by Crippen LogP contribution is 2.66. The van der Waals surface area contributed by atoms with Gasteiger partial charge in [-0.2, -0.15) is 0 Å². The highest BCUT2D eigenvalue weighted by atomic mass is 16.7. The molecule has 3 amide bonds. The quantitative estimate of drug-likeness (QED) is 0.0875. The number of esters is 1. The Morgan fingerprint density at radius 3 is 2.25 bits per heavy atom. The first-order valence-corrected chi connectivity index (χ1v) is 24.4. The van der Waals surface area contributed by atoms with Crippen LogP contribution >= 0.6 is 0 Å². The van der Waals surface area contributed by atoms with Gasteiger partial charge >= 0.3 is 12.1 Å². The zero-order valence-corrected chi connectivity index (χ0v) is 39.4. The van der Waals surface area contributed by atoms with E-state index >= 15 is 14.4 Å². The molecule has 0 radical (unpaired) electrons. The van der Waals surface area contributed by atoms with Crippen LogP contribution < -0.4 is 14.4 Å². The highest BCUT2D eigenvalue weighted by molar-refractivity contribution is 6.23. The second-order valence-electron chi connectivity index (χ2n) is 18.9. The number of rotatable bonds is 9. The molecule has 362 valence electrons. The van der Waals surface area contributed by atoms with Gasteiger partial charge in [-0.3, -0.25) is 24.2 Å². The second kappa shape index (κ2) is 19.4. The fraction of sp³-hybridized carbons (Fsp3) is 0.333. The molecule has 0 bridgehead atoms. The van der Waals surface area contributed by atoms with E-state index in [0.29, 0.717) is 60.9 Å². The van der Waals surface area contributed by atoms with Crippen molar-refractivity contribution in [2.24, 2.45) is 5.92 Å². The van der Waals surface area contributed by atoms with Crippen molar-refractivity contribution in [3.8, 4) is 29.1 Å². The number of nitrogens with zero attached hydrogens (tertiary/aromatic N) is 4. The van der Waals surface area contributed by atoms with Gasteiger partial charge in [0.1, 0.15) is 29.9 Å². The Morgan fingerprint density at radius 2 is 1.52 bits per heavy atom. The zero-order valence-electron chi connectivity index (χ0n) is 39.4. The summed E-state index contributed by atoms with van der Waals surface area (Å²) in [5.74, 6) is 4.83. The fourth-order valence-corrected chi connectivity index (χ4v) is 11.6. The van der Waals surface area contributed by atoms with E-state index in [1.807, 2.05) is 89.8 Å². The smallest absolute Gasteiger partial charge is 0.421 e. The molecule has 5 aliphatic heterocycles. The van der Waals surface area contributed by atoms with E-state index in [-0.39, 0.29) is 31.4 Å². The number of ether oxygens (including phenoxy) is 5. The van der Waals surface area contributed by atoms with Crippen LogP contribution in [0.15, 0.2) is 133 Å². The average Bonchev–Trinajstić information content (AvgIpc) is 4.08. The number of carbonyl (C=O) groups excluding carboxylic acids is 4. The van der Waals surface area contributed by atoms with Crippen LogP contribution in [0.25, 0.3) is 0 Å². The molecule has 71 heavy (non-hydrogen) atoms. The van der Waals surface area contributed by atoms with Crippen molar-refractivity contribution in [1.82, 2.24) is 14.7 Å². The third kappa shape index (κ3) is 8.27. The third-order valence-corrected chi connectivity index (χ3v) is 14.8. The lowest BCUT2D eigenvalue weighted by Gasteiger charge is -2.46. The number of carbonyl (C=O) groups is 4. The van der Waals surface area contributed by atoms with Crippen LogP contribution in [0, 0.1) is 17.8 Å². The Bertz CT molecular complexity index is 2950. The Kier molecular flexibility index (Phi) is 12.6. The van der Waals surface area contributed by atoms with Gasteiger partial charge in [-0.1, -0.05) is 96.8 Å². The molecule has 6 aliphatic rings. The zero-order chi connectivity index (χ0) is 48.6. The largest absolute Gasteiger partial charge is 0.508 e. The molecule has 14 heteroatoms. The molecule has 3 saturated heterocycles. The van der Waals surface area contributed by atoms with Gasteiger partial charge in [0.2, 0.25) is 18.6 Å². The van der Waals surface area contributed by atoms with E-state index < -0.39 is 59.4 Å². The molecule has 5 aromatic rings. The molecule has 11 rings (SSSR count). The molecule has 5 aromatic carbocycles. The van der Waals surface area contributed by atoms with Crippen LogP contribution in [0.3, 0.4) is 0 Å². The van der Waals surface area contributed by atoms with Crippen LogP contribution in [-0.2, 0) is 40.6 Å². The number of aromatic hydroxyl groups is 1. The number of piperazine rings is 1. The Balaban J connectivity index is 1.11. The molecule has 14 nitrogen and oxygen atoms in total. The number of hydrogen-bond donors (Lipinski definition) is 1. The van der Waals surface area contributed by atoms with Crippen molar-refractivity contribution in [2.45, 2.75) is 61.9 Å². The van der Waals surface area contributed by atoms with Crippen molar-refractivity contribution >= 4 is 29.6 Å². The van der Waals surface area contributed by atoms with Crippen LogP contribution in [0.5, 0.6) is 17.2 Å². The first-order valence-electron chi connectivity index (χ1n) is 24.4. The number of imide groups is 1. The lowest BCUT2D eigenvalue weighted by atomic mass is 9.64. The van der Waals surface area contributed by atoms with E-state index in [4.69, 9.17) is 23.7 Å². The van der Waals surface area contributed by atoms with E-state index in [1.54, 1.807) is 29.2 Å². The Labute approximate surface area is 412 Å². The molecular weight excluding hydrogens is 901 g/mol. The molecule has 1 N–H and O–H groups in total. The predicted molar refractivity (Wildman–Crippen MR) is 261 cm³/mol. The molecule has 0 aromatic heterocycles. The minimum Gasteiger partial charge on any atom is -0.508 e. The van der Waals surface area contributed by atoms with Gasteiger partial charge in [0.15, 0.2) is 11.5 Å². The molecule has 6 atom stereocenters. The first kappa shape index (κ1) is 46.0. The van der Waals surface area contributed by atoms with Crippen LogP contribution in [0.1, 0.15) is 77.3 Å². The molecular formula is C57H54N4O10. The van der Waals surface area contributed by atoms with Gasteiger partial charge in [0.25, 0.3) is 0 Å². The Hall–Kier alpha value is -7.44. The summed E-state index contributed by atoms with van der Waals surface area (Å²) in [5, 5.41) is 10.8. The van der Waals surface area contributed by atoms with E-state index in [0.717, 1.165) is 52.8 Å². The standard InChI is InChI=1S/C57H54N4O10/c1-67-31-32-68-56(66)60-45-25-19-38(18-17-37-11-5-2-6-12-37)33-44(45)57(55(60)65)48(53(63)59-29-27-58(28-30-59)35-39-20-26-46-47(34-39)70-36-69-46)50-54(64)71-51(41-15-9-4-10-16-41)49(40-13-7-3-8-14-40)61(50)52(57)42-21-23-43(62)24-22-42/h3-4,7-11,13-16,19-26,33-34,48-52,62H,2,5-6,12,27-32,35-36H2,1H3/t48-,49-,50-,51+,52+,57-/m0/s1. The van der Waals surface area contributed by atoms with Crippen molar-refractivity contribution in [1.29, 1.82) is 0 Å². The molecule has 1 aliphatic carbocycles. The number of anilines is 1. The van der Waals surface area contributed by atoms with Gasteiger partial charge in [-0.15, -0.1) is 0 Å². The maximum Gasteiger partial charge on any atom is 0.421 e. The van der Waals surface area contributed by atoms with Gasteiger partial charge in [0.05, 0.1) is 30.3 Å². The van der Waals surface area contributed by atoms with Crippen molar-refractivity contribution in [2.75, 3.05) is 58.2 Å². The number of phenols is 1. The number of methoxy groups -OCH3 is 1.